The van der Waals surface area contributed by atoms with Gasteiger partial charge in [0.25, 0.3) is 0 Å². The number of hydrogen-bond acceptors (Lipinski definition) is 3. The summed E-state index contributed by atoms with van der Waals surface area (Å²) in [7, 11) is 1.47. The second-order valence-electron chi connectivity index (χ2n) is 5.63. The molecule has 25 heavy (non-hydrogen) atoms. The summed E-state index contributed by atoms with van der Waals surface area (Å²) in [6.45, 7) is 0.122. The van der Waals surface area contributed by atoms with Crippen molar-refractivity contribution in [3.8, 4) is 0 Å². The van der Waals surface area contributed by atoms with Crippen LogP contribution in [0.5, 0.6) is 0 Å². The zero-order chi connectivity index (χ0) is 18.6. The lowest BCUT2D eigenvalue weighted by Gasteiger charge is -2.28. The quantitative estimate of drug-likeness (QED) is 0.659. The fourth-order valence-corrected chi connectivity index (χ4v) is 3.58. The van der Waals surface area contributed by atoms with E-state index in [0.717, 1.165) is 20.9 Å². The van der Waals surface area contributed by atoms with Gasteiger partial charge >= 0.3 is 6.09 Å². The van der Waals surface area contributed by atoms with Gasteiger partial charge in [0.05, 0.1) is 16.1 Å². The first-order valence-corrected chi connectivity index (χ1v) is 9.53. The van der Waals surface area contributed by atoms with E-state index in [-0.39, 0.29) is 6.54 Å². The van der Waals surface area contributed by atoms with Crippen molar-refractivity contribution in [2.24, 2.45) is 0 Å². The molecule has 0 aliphatic rings. The van der Waals surface area contributed by atoms with Crippen LogP contribution in [0.25, 0.3) is 0 Å². The Hall–Kier alpha value is -1.40. The van der Waals surface area contributed by atoms with Crippen LogP contribution in [0, 0.1) is 0 Å². The first-order chi connectivity index (χ1) is 11.8. The first kappa shape index (κ1) is 19.9. The predicted molar refractivity (Wildman–Crippen MR) is 103 cm³/mol. The van der Waals surface area contributed by atoms with Crippen molar-refractivity contribution in [1.29, 1.82) is 0 Å². The molecule has 0 aliphatic heterocycles. The Balaban J connectivity index is 2.46. The molecule has 2 rings (SSSR count). The third kappa shape index (κ3) is 4.82. The molecule has 0 saturated heterocycles. The number of benzene rings is 2. The predicted octanol–water partition coefficient (Wildman–Crippen LogP) is 5.14. The van der Waals surface area contributed by atoms with Crippen LogP contribution in [0.1, 0.15) is 23.1 Å². The fourth-order valence-electron chi connectivity index (χ4n) is 2.63. The number of hydrogen-bond donors (Lipinski definition) is 2. The molecule has 2 aromatic carbocycles. The number of rotatable bonds is 6. The zero-order valence-corrected chi connectivity index (χ0v) is 16.1. The van der Waals surface area contributed by atoms with E-state index in [1.54, 1.807) is 18.2 Å². The summed E-state index contributed by atoms with van der Waals surface area (Å²) in [4.78, 5) is 13.4. The van der Waals surface area contributed by atoms with Crippen molar-refractivity contribution >= 4 is 41.1 Å². The van der Waals surface area contributed by atoms with Gasteiger partial charge in [0.15, 0.2) is 0 Å². The normalized spacial score (nSPS) is 13.3. The Labute approximate surface area is 161 Å². The molecule has 0 spiro atoms. The Bertz CT molecular complexity index is 757. The third-order valence-corrected chi connectivity index (χ3v) is 5.56. The maximum absolute atomic E-state index is 11.3. The van der Waals surface area contributed by atoms with Gasteiger partial charge in [-0.2, -0.15) is 0 Å². The van der Waals surface area contributed by atoms with Gasteiger partial charge in [-0.05, 0) is 35.6 Å². The Morgan fingerprint density at radius 1 is 1.20 bits per heavy atom. The standard InChI is InChI=1S/C18H19Cl2NO3S/c1-21(18(23)24)10-13(11-7-8-14(19)15(20)9-11)17(22)12-5-3-4-6-16(12)25-2/h3-9,13,17,22H,10H2,1-2H3,(H,23,24)/t13-,17+/m0/s1. The molecule has 134 valence electrons. The largest absolute Gasteiger partial charge is 0.465 e. The van der Waals surface area contributed by atoms with Crippen LogP contribution in [-0.4, -0.2) is 41.1 Å². The molecule has 4 nitrogen and oxygen atoms in total. The highest BCUT2D eigenvalue weighted by atomic mass is 35.5. The van der Waals surface area contributed by atoms with Crippen LogP contribution >= 0.6 is 35.0 Å². The van der Waals surface area contributed by atoms with Gasteiger partial charge in [-0.3, -0.25) is 0 Å². The average Bonchev–Trinajstić information content (AvgIpc) is 2.61. The first-order valence-electron chi connectivity index (χ1n) is 7.55. The Kier molecular flexibility index (Phi) is 7.02. The van der Waals surface area contributed by atoms with Crippen molar-refractivity contribution in [2.45, 2.75) is 16.9 Å². The van der Waals surface area contributed by atoms with E-state index in [0.29, 0.717) is 10.0 Å². The molecule has 2 aromatic rings. The molecular weight excluding hydrogens is 381 g/mol. The molecule has 0 radical (unpaired) electrons. The minimum Gasteiger partial charge on any atom is -0.465 e. The van der Waals surface area contributed by atoms with Crippen molar-refractivity contribution in [2.75, 3.05) is 19.8 Å². The van der Waals surface area contributed by atoms with E-state index in [1.807, 2.05) is 30.5 Å². The maximum Gasteiger partial charge on any atom is 0.407 e. The van der Waals surface area contributed by atoms with Crippen molar-refractivity contribution in [3.05, 3.63) is 63.6 Å². The highest BCUT2D eigenvalue weighted by Gasteiger charge is 2.27. The summed E-state index contributed by atoms with van der Waals surface area (Å²) in [5.74, 6) is -0.482. The van der Waals surface area contributed by atoms with Gasteiger partial charge < -0.3 is 15.1 Å². The van der Waals surface area contributed by atoms with Crippen LogP contribution in [0.3, 0.4) is 0 Å². The molecule has 2 N–H and O–H groups in total. The van der Waals surface area contributed by atoms with Gasteiger partial charge in [-0.15, -0.1) is 11.8 Å². The number of halogens is 2. The van der Waals surface area contributed by atoms with Crippen LogP contribution in [0.15, 0.2) is 47.4 Å². The van der Waals surface area contributed by atoms with Crippen molar-refractivity contribution in [1.82, 2.24) is 4.90 Å². The highest BCUT2D eigenvalue weighted by molar-refractivity contribution is 7.98. The van der Waals surface area contributed by atoms with Crippen LogP contribution in [0.2, 0.25) is 10.0 Å². The molecule has 7 heteroatoms. The highest BCUT2D eigenvalue weighted by Crippen LogP contribution is 2.37. The third-order valence-electron chi connectivity index (χ3n) is 4.01. The number of likely N-dealkylation sites (N-methyl/N-ethyl adjacent to an activating group) is 1. The van der Waals surface area contributed by atoms with Gasteiger partial charge in [0.2, 0.25) is 0 Å². The van der Waals surface area contributed by atoms with E-state index in [1.165, 1.54) is 18.8 Å². The molecule has 0 fully saturated rings. The summed E-state index contributed by atoms with van der Waals surface area (Å²) in [5, 5.41) is 21.0. The number of aliphatic hydroxyl groups is 1. The zero-order valence-electron chi connectivity index (χ0n) is 13.8. The van der Waals surface area contributed by atoms with Crippen LogP contribution < -0.4 is 0 Å². The molecule has 1 amide bonds. The average molecular weight is 400 g/mol. The summed E-state index contributed by atoms with van der Waals surface area (Å²) in [6.07, 6.45) is -0.0126. The fraction of sp³-hybridized carbons (Fsp3) is 0.278. The monoisotopic (exact) mass is 399 g/mol. The van der Waals surface area contributed by atoms with Crippen molar-refractivity contribution in [3.63, 3.8) is 0 Å². The lowest BCUT2D eigenvalue weighted by Crippen LogP contribution is -2.32. The maximum atomic E-state index is 11.3. The lowest BCUT2D eigenvalue weighted by atomic mass is 9.88. The summed E-state index contributed by atoms with van der Waals surface area (Å²) in [6, 6.07) is 12.6. The Morgan fingerprint density at radius 2 is 1.88 bits per heavy atom. The van der Waals surface area contributed by atoms with E-state index in [9.17, 15) is 15.0 Å². The summed E-state index contributed by atoms with van der Waals surface area (Å²) >= 11 is 13.6. The van der Waals surface area contributed by atoms with E-state index in [2.05, 4.69) is 0 Å². The molecule has 0 saturated carbocycles. The minimum absolute atomic E-state index is 0.122. The lowest BCUT2D eigenvalue weighted by molar-refractivity contribution is 0.111. The number of carbonyl (C=O) groups is 1. The molecule has 0 unspecified atom stereocenters. The van der Waals surface area contributed by atoms with Gasteiger partial charge in [-0.25, -0.2) is 4.79 Å². The van der Waals surface area contributed by atoms with E-state index < -0.39 is 18.1 Å². The molecule has 0 heterocycles. The van der Waals surface area contributed by atoms with E-state index in [4.69, 9.17) is 23.2 Å². The van der Waals surface area contributed by atoms with Gasteiger partial charge in [-0.1, -0.05) is 47.5 Å². The second-order valence-corrected chi connectivity index (χ2v) is 7.29. The SMILES string of the molecule is CSc1ccccc1[C@@H](O)[C@@H](CN(C)C(=O)O)c1ccc(Cl)c(Cl)c1. The minimum atomic E-state index is -1.06. The number of aliphatic hydroxyl groups excluding tert-OH is 1. The van der Waals surface area contributed by atoms with E-state index >= 15 is 0 Å². The van der Waals surface area contributed by atoms with Gasteiger partial charge in [0.1, 0.15) is 0 Å². The van der Waals surface area contributed by atoms with Crippen LogP contribution in [-0.2, 0) is 0 Å². The number of carboxylic acid groups (broad SMARTS) is 1. The molecule has 0 aliphatic carbocycles. The summed E-state index contributed by atoms with van der Waals surface area (Å²) in [5.41, 5.74) is 1.48. The number of amides is 1. The topological polar surface area (TPSA) is 60.8 Å². The number of nitrogens with zero attached hydrogens (tertiary/aromatic N) is 1. The van der Waals surface area contributed by atoms with Gasteiger partial charge in [0, 0.05) is 24.4 Å². The molecule has 0 aromatic heterocycles. The molecular formula is C18H19Cl2NO3S. The summed E-state index contributed by atoms with van der Waals surface area (Å²) < 4.78 is 0. The Morgan fingerprint density at radius 3 is 2.48 bits per heavy atom. The molecule has 0 bridgehead atoms. The smallest absolute Gasteiger partial charge is 0.407 e. The van der Waals surface area contributed by atoms with Crippen molar-refractivity contribution < 1.29 is 15.0 Å². The number of thioether (sulfide) groups is 1. The second kappa shape index (κ2) is 8.81. The van der Waals surface area contributed by atoms with Crippen LogP contribution in [0.4, 0.5) is 4.79 Å². The molecule has 2 atom stereocenters.